The lowest BCUT2D eigenvalue weighted by molar-refractivity contribution is -0.117. The maximum atomic E-state index is 13.4. The van der Waals surface area contributed by atoms with E-state index in [0.29, 0.717) is 19.1 Å². The molecule has 1 amide bonds. The first kappa shape index (κ1) is 17.6. The van der Waals surface area contributed by atoms with Crippen molar-refractivity contribution in [3.8, 4) is 0 Å². The zero-order chi connectivity index (χ0) is 18.0. The molecule has 1 fully saturated rings. The Morgan fingerprint density at radius 1 is 1.16 bits per heavy atom. The molecule has 2 aromatic rings. The molecule has 0 aliphatic heterocycles. The molecule has 2 aromatic carbocycles. The topological polar surface area (TPSA) is 32.3 Å². The number of hydrogen-bond acceptors (Lipinski definition) is 2. The Hall–Kier alpha value is -2.20. The average Bonchev–Trinajstić information content (AvgIpc) is 3.35. The first-order valence-electron chi connectivity index (χ1n) is 8.78. The van der Waals surface area contributed by atoms with Crippen molar-refractivity contribution in [3.63, 3.8) is 0 Å². The SMILES string of the molecule is Cc1cc(C)c(NC(=O)CN(Cc2cccc(F)c2)C2CC2)c(C)c1. The molecule has 0 saturated heterocycles. The lowest BCUT2D eigenvalue weighted by atomic mass is 10.1. The lowest BCUT2D eigenvalue weighted by Gasteiger charge is -2.22. The van der Waals surface area contributed by atoms with Crippen LogP contribution in [0.3, 0.4) is 0 Å². The van der Waals surface area contributed by atoms with Gasteiger partial charge in [-0.1, -0.05) is 29.8 Å². The second-order valence-corrected chi connectivity index (χ2v) is 7.09. The van der Waals surface area contributed by atoms with Gasteiger partial charge in [0.1, 0.15) is 5.82 Å². The van der Waals surface area contributed by atoms with E-state index in [0.717, 1.165) is 35.2 Å². The summed E-state index contributed by atoms with van der Waals surface area (Å²) in [5.74, 6) is -0.248. The minimum absolute atomic E-state index is 0.0154. The molecule has 25 heavy (non-hydrogen) atoms. The van der Waals surface area contributed by atoms with Gasteiger partial charge in [-0.15, -0.1) is 0 Å². The van der Waals surface area contributed by atoms with Crippen molar-refractivity contribution in [2.75, 3.05) is 11.9 Å². The van der Waals surface area contributed by atoms with Gasteiger partial charge in [0.05, 0.1) is 6.54 Å². The third-order valence-electron chi connectivity index (χ3n) is 4.63. The summed E-state index contributed by atoms with van der Waals surface area (Å²) in [6.07, 6.45) is 2.20. The van der Waals surface area contributed by atoms with Crippen LogP contribution < -0.4 is 5.32 Å². The first-order valence-corrected chi connectivity index (χ1v) is 8.78. The van der Waals surface area contributed by atoms with E-state index >= 15 is 0 Å². The fourth-order valence-corrected chi connectivity index (χ4v) is 3.36. The minimum atomic E-state index is -0.233. The highest BCUT2D eigenvalue weighted by Gasteiger charge is 2.30. The van der Waals surface area contributed by atoms with Crippen LogP contribution in [-0.2, 0) is 11.3 Å². The number of hydrogen-bond donors (Lipinski definition) is 1. The van der Waals surface area contributed by atoms with Crippen LogP contribution in [0.5, 0.6) is 0 Å². The van der Waals surface area contributed by atoms with Crippen LogP contribution in [0.25, 0.3) is 0 Å². The molecule has 0 unspecified atom stereocenters. The van der Waals surface area contributed by atoms with Crippen LogP contribution in [0.15, 0.2) is 36.4 Å². The maximum absolute atomic E-state index is 13.4. The zero-order valence-corrected chi connectivity index (χ0v) is 15.1. The van der Waals surface area contributed by atoms with E-state index in [9.17, 15) is 9.18 Å². The summed E-state index contributed by atoms with van der Waals surface area (Å²) >= 11 is 0. The Morgan fingerprint density at radius 2 is 1.84 bits per heavy atom. The Labute approximate surface area is 148 Å². The molecule has 0 aromatic heterocycles. The van der Waals surface area contributed by atoms with Crippen molar-refractivity contribution in [2.24, 2.45) is 0 Å². The van der Waals surface area contributed by atoms with Gasteiger partial charge in [0.15, 0.2) is 0 Å². The third kappa shape index (κ3) is 4.67. The van der Waals surface area contributed by atoms with Gasteiger partial charge < -0.3 is 5.32 Å². The predicted molar refractivity (Wildman–Crippen MR) is 99.1 cm³/mol. The van der Waals surface area contributed by atoms with Gasteiger partial charge in [-0.25, -0.2) is 4.39 Å². The lowest BCUT2D eigenvalue weighted by Crippen LogP contribution is -2.34. The number of aryl methyl sites for hydroxylation is 3. The molecule has 3 nitrogen and oxygen atoms in total. The summed E-state index contributed by atoms with van der Waals surface area (Å²) in [5, 5.41) is 3.06. The number of nitrogens with one attached hydrogen (secondary N) is 1. The summed E-state index contributed by atoms with van der Waals surface area (Å²) < 4.78 is 13.4. The Morgan fingerprint density at radius 3 is 2.44 bits per heavy atom. The third-order valence-corrected chi connectivity index (χ3v) is 4.63. The van der Waals surface area contributed by atoms with Crippen LogP contribution in [0, 0.1) is 26.6 Å². The van der Waals surface area contributed by atoms with Crippen LogP contribution in [0.1, 0.15) is 35.1 Å². The number of nitrogens with zero attached hydrogens (tertiary/aromatic N) is 1. The zero-order valence-electron chi connectivity index (χ0n) is 15.1. The standard InChI is InChI=1S/C21H25FN2O/c1-14-9-15(2)21(16(3)10-14)23-20(25)13-24(19-7-8-19)12-17-5-4-6-18(22)11-17/h4-6,9-11,19H,7-8,12-13H2,1-3H3,(H,23,25). The van der Waals surface area contributed by atoms with Crippen molar-refractivity contribution in [1.29, 1.82) is 0 Å². The average molecular weight is 340 g/mol. The number of amides is 1. The molecule has 0 atom stereocenters. The summed E-state index contributed by atoms with van der Waals surface area (Å²) in [7, 11) is 0. The molecule has 0 radical (unpaired) electrons. The summed E-state index contributed by atoms with van der Waals surface area (Å²) in [4.78, 5) is 14.7. The van der Waals surface area contributed by atoms with E-state index in [-0.39, 0.29) is 11.7 Å². The van der Waals surface area contributed by atoms with Crippen LogP contribution in [-0.4, -0.2) is 23.4 Å². The van der Waals surface area contributed by atoms with Gasteiger partial charge >= 0.3 is 0 Å². The van der Waals surface area contributed by atoms with E-state index in [2.05, 4.69) is 29.3 Å². The molecule has 0 spiro atoms. The molecular weight excluding hydrogens is 315 g/mol. The smallest absolute Gasteiger partial charge is 0.238 e. The Bertz CT molecular complexity index is 760. The maximum Gasteiger partial charge on any atom is 0.238 e. The molecule has 132 valence electrons. The molecule has 1 N–H and O–H groups in total. The molecule has 4 heteroatoms. The highest BCUT2D eigenvalue weighted by molar-refractivity contribution is 5.93. The largest absolute Gasteiger partial charge is 0.324 e. The van der Waals surface area contributed by atoms with E-state index in [1.54, 1.807) is 12.1 Å². The van der Waals surface area contributed by atoms with E-state index in [1.807, 2.05) is 19.9 Å². The second-order valence-electron chi connectivity index (χ2n) is 7.09. The number of halogens is 1. The summed E-state index contributed by atoms with van der Waals surface area (Å²) in [6, 6.07) is 11.2. The van der Waals surface area contributed by atoms with Crippen LogP contribution in [0.4, 0.5) is 10.1 Å². The Kier molecular flexibility index (Phi) is 5.19. The van der Waals surface area contributed by atoms with Crippen molar-refractivity contribution in [1.82, 2.24) is 4.90 Å². The second kappa shape index (κ2) is 7.36. The first-order chi connectivity index (χ1) is 11.9. The number of carbonyl (C=O) groups excluding carboxylic acids is 1. The highest BCUT2D eigenvalue weighted by Crippen LogP contribution is 2.28. The van der Waals surface area contributed by atoms with Crippen LogP contribution >= 0.6 is 0 Å². The summed E-state index contributed by atoms with van der Waals surface area (Å²) in [5.41, 5.74) is 5.15. The van der Waals surface area contributed by atoms with Crippen molar-refractivity contribution in [2.45, 2.75) is 46.2 Å². The highest BCUT2D eigenvalue weighted by atomic mass is 19.1. The number of rotatable bonds is 6. The molecule has 1 aliphatic carbocycles. The molecule has 0 bridgehead atoms. The molecular formula is C21H25FN2O. The predicted octanol–water partition coefficient (Wildman–Crippen LogP) is 4.35. The molecule has 1 aliphatic rings. The number of carbonyl (C=O) groups is 1. The van der Waals surface area contributed by atoms with Gasteiger partial charge in [-0.3, -0.25) is 9.69 Å². The quantitative estimate of drug-likeness (QED) is 0.848. The van der Waals surface area contributed by atoms with Crippen molar-refractivity contribution < 1.29 is 9.18 Å². The van der Waals surface area contributed by atoms with Crippen LogP contribution in [0.2, 0.25) is 0 Å². The fourth-order valence-electron chi connectivity index (χ4n) is 3.36. The van der Waals surface area contributed by atoms with E-state index in [1.165, 1.54) is 11.6 Å². The van der Waals surface area contributed by atoms with Gasteiger partial charge in [-0.2, -0.15) is 0 Å². The van der Waals surface area contributed by atoms with E-state index < -0.39 is 0 Å². The number of anilines is 1. The minimum Gasteiger partial charge on any atom is -0.324 e. The molecule has 3 rings (SSSR count). The van der Waals surface area contributed by atoms with Gasteiger partial charge in [-0.05, 0) is 62.4 Å². The van der Waals surface area contributed by atoms with Gasteiger partial charge in [0.25, 0.3) is 0 Å². The fraction of sp³-hybridized carbons (Fsp3) is 0.381. The van der Waals surface area contributed by atoms with Gasteiger partial charge in [0, 0.05) is 18.3 Å². The van der Waals surface area contributed by atoms with Crippen molar-refractivity contribution in [3.05, 3.63) is 64.5 Å². The molecule has 0 heterocycles. The molecule has 1 saturated carbocycles. The monoisotopic (exact) mass is 340 g/mol. The number of benzene rings is 2. The normalized spacial score (nSPS) is 14.0. The Balaban J connectivity index is 1.67. The van der Waals surface area contributed by atoms with Gasteiger partial charge in [0.2, 0.25) is 5.91 Å². The van der Waals surface area contributed by atoms with E-state index in [4.69, 9.17) is 0 Å². The summed E-state index contributed by atoms with van der Waals surface area (Å²) in [6.45, 7) is 7.01. The van der Waals surface area contributed by atoms with Crippen molar-refractivity contribution >= 4 is 11.6 Å².